The molecule has 4 atom stereocenters. The van der Waals surface area contributed by atoms with Crippen molar-refractivity contribution < 1.29 is 9.30 Å². The molecule has 0 aromatic heterocycles. The van der Waals surface area contributed by atoms with Gasteiger partial charge in [0.2, 0.25) is 5.30 Å². The lowest BCUT2D eigenvalue weighted by Crippen LogP contribution is -2.35. The first-order valence-corrected chi connectivity index (χ1v) is 21.1. The van der Waals surface area contributed by atoms with Gasteiger partial charge in [-0.15, -0.1) is 0 Å². The molecular weight excluding hydrogens is 634 g/mol. The van der Waals surface area contributed by atoms with Gasteiger partial charge in [0.05, 0.1) is 0 Å². The third kappa shape index (κ3) is 6.95. The zero-order chi connectivity index (χ0) is 35.5. The molecule has 1 heterocycles. The zero-order valence-electron chi connectivity index (χ0n) is 31.7. The fourth-order valence-electron chi connectivity index (χ4n) is 7.99. The van der Waals surface area contributed by atoms with Crippen molar-refractivity contribution in [3.8, 4) is 11.5 Å². The fourth-order valence-corrected chi connectivity index (χ4v) is 12.8. The minimum absolute atomic E-state index is 0.0557. The second-order valence-corrected chi connectivity index (χ2v) is 21.7. The summed E-state index contributed by atoms with van der Waals surface area (Å²) in [5, 5.41) is 4.76. The van der Waals surface area contributed by atoms with E-state index in [1.54, 1.807) is 0 Å². The monoisotopic (exact) mass is 691 g/mol. The third-order valence-corrected chi connectivity index (χ3v) is 15.7. The maximum Gasteiger partial charge on any atom is 0.384 e. The second kappa shape index (κ2) is 13.4. The molecule has 258 valence electrons. The lowest BCUT2D eigenvalue weighted by atomic mass is 9.72. The quantitative estimate of drug-likeness (QED) is 0.188. The molecule has 1 aliphatic heterocycles. The van der Waals surface area contributed by atoms with Gasteiger partial charge in [-0.3, -0.25) is 0 Å². The van der Waals surface area contributed by atoms with Crippen molar-refractivity contribution in [1.82, 2.24) is 0 Å². The molecule has 0 N–H and O–H groups in total. The Hall–Kier alpha value is -2.79. The highest BCUT2D eigenvalue weighted by atomic mass is 31.1. The van der Waals surface area contributed by atoms with Crippen LogP contribution in [0.3, 0.4) is 0 Å². The Kier molecular flexibility index (Phi) is 9.85. The van der Waals surface area contributed by atoms with Crippen LogP contribution in [-0.4, -0.2) is 5.66 Å². The first kappa shape index (κ1) is 36.0. The van der Waals surface area contributed by atoms with E-state index in [2.05, 4.69) is 161 Å². The second-order valence-electron chi connectivity index (χ2n) is 17.7. The summed E-state index contributed by atoms with van der Waals surface area (Å²) in [6.45, 7) is 25.5. The van der Waals surface area contributed by atoms with E-state index in [-0.39, 0.29) is 21.9 Å². The number of hydrogen-bond acceptors (Lipinski definition) is 2. The smallest absolute Gasteiger partial charge is 0.384 e. The first-order chi connectivity index (χ1) is 23.0. The highest BCUT2D eigenvalue weighted by Crippen LogP contribution is 2.55. The minimum Gasteiger partial charge on any atom is -0.451 e. The predicted molar refractivity (Wildman–Crippen MR) is 214 cm³/mol. The molecule has 2 nitrogen and oxygen atoms in total. The fraction of sp³-hybridized carbons (Fsp3) is 0.467. The molecule has 0 bridgehead atoms. The minimum atomic E-state index is -1.71. The third-order valence-electron chi connectivity index (χ3n) is 11.2. The molecule has 4 aromatic carbocycles. The van der Waals surface area contributed by atoms with Crippen LogP contribution in [0.5, 0.6) is 11.5 Å². The Labute approximate surface area is 299 Å². The zero-order valence-corrected chi connectivity index (χ0v) is 33.5. The van der Waals surface area contributed by atoms with Gasteiger partial charge in [-0.1, -0.05) is 160 Å². The van der Waals surface area contributed by atoms with E-state index < -0.39 is 15.7 Å². The van der Waals surface area contributed by atoms with Crippen molar-refractivity contribution in [1.29, 1.82) is 0 Å². The van der Waals surface area contributed by atoms with E-state index in [9.17, 15) is 0 Å². The molecule has 6 rings (SSSR count). The number of benzene rings is 4. The van der Waals surface area contributed by atoms with E-state index in [0.29, 0.717) is 17.8 Å². The van der Waals surface area contributed by atoms with Crippen molar-refractivity contribution in [2.45, 2.75) is 117 Å². The normalized spacial score (nSPS) is 20.8. The Balaban J connectivity index is 1.64. The van der Waals surface area contributed by atoms with E-state index in [0.717, 1.165) is 35.2 Å². The van der Waals surface area contributed by atoms with E-state index >= 15 is 4.57 Å². The van der Waals surface area contributed by atoms with Crippen LogP contribution in [0.2, 0.25) is 0 Å². The van der Waals surface area contributed by atoms with E-state index in [1.165, 1.54) is 39.0 Å². The number of hydrogen-bond donors (Lipinski definition) is 0. The number of ether oxygens (including phenoxy) is 1. The standard InChI is InChI=1S/C45H57O2P2/c1-29(2)35-23-22-30(3)24-38(35)49(46)40-28-32(44(7,8)9)26-37-42(40)47-41-36(45(37,10)11)25-31(43(4,5)6)27-39(41)48(33-18-14-12-15-19-33)34-20-16-13-17-21-34/h12-21,25-30,35,38H,22-24H2,1-11H3/q+1/t30-,35+,38?/m1/s1. The Morgan fingerprint density at radius 1 is 0.755 bits per heavy atom. The molecule has 1 saturated carbocycles. The summed E-state index contributed by atoms with van der Waals surface area (Å²) in [4.78, 5) is 0. The summed E-state index contributed by atoms with van der Waals surface area (Å²) >= 11 is 0. The van der Waals surface area contributed by atoms with E-state index in [1.807, 2.05) is 0 Å². The number of fused-ring (bicyclic) bond motifs is 2. The molecule has 0 saturated heterocycles. The molecule has 0 amide bonds. The largest absolute Gasteiger partial charge is 0.451 e. The lowest BCUT2D eigenvalue weighted by Gasteiger charge is -2.39. The molecule has 49 heavy (non-hydrogen) atoms. The highest BCUT2D eigenvalue weighted by Gasteiger charge is 2.49. The van der Waals surface area contributed by atoms with Gasteiger partial charge in [-0.2, -0.15) is 0 Å². The maximum absolute atomic E-state index is 15.3. The van der Waals surface area contributed by atoms with Crippen LogP contribution in [0.25, 0.3) is 0 Å². The lowest BCUT2D eigenvalue weighted by molar-refractivity contribution is 0.239. The van der Waals surface area contributed by atoms with Crippen molar-refractivity contribution in [3.05, 3.63) is 107 Å². The van der Waals surface area contributed by atoms with Crippen LogP contribution in [-0.2, 0) is 20.8 Å². The highest BCUT2D eigenvalue weighted by molar-refractivity contribution is 7.80. The van der Waals surface area contributed by atoms with Gasteiger partial charge in [-0.05, 0) is 77.3 Å². The Morgan fingerprint density at radius 3 is 1.78 bits per heavy atom. The Morgan fingerprint density at radius 2 is 1.27 bits per heavy atom. The Bertz CT molecular complexity index is 1790. The summed E-state index contributed by atoms with van der Waals surface area (Å²) in [7, 11) is -2.64. The topological polar surface area (TPSA) is 26.3 Å². The summed E-state index contributed by atoms with van der Waals surface area (Å²) in [6.07, 6.45) is 3.39. The van der Waals surface area contributed by atoms with Gasteiger partial charge in [-0.25, -0.2) is 0 Å². The van der Waals surface area contributed by atoms with Crippen LogP contribution in [0.15, 0.2) is 84.9 Å². The molecule has 1 fully saturated rings. The molecule has 0 radical (unpaired) electrons. The summed E-state index contributed by atoms with van der Waals surface area (Å²) in [5.41, 5.74) is 4.57. The van der Waals surface area contributed by atoms with Gasteiger partial charge in [0.1, 0.15) is 5.75 Å². The average Bonchev–Trinajstić information content (AvgIpc) is 3.04. The van der Waals surface area contributed by atoms with Gasteiger partial charge >= 0.3 is 7.80 Å². The molecular formula is C45H57O2P2+. The summed E-state index contributed by atoms with van der Waals surface area (Å²) < 4.78 is 22.7. The van der Waals surface area contributed by atoms with Crippen LogP contribution < -0.4 is 26.0 Å². The van der Waals surface area contributed by atoms with E-state index in [4.69, 9.17) is 4.74 Å². The van der Waals surface area contributed by atoms with Crippen molar-refractivity contribution in [2.24, 2.45) is 17.8 Å². The van der Waals surface area contributed by atoms with Crippen LogP contribution in [0.4, 0.5) is 0 Å². The van der Waals surface area contributed by atoms with Crippen molar-refractivity contribution in [2.75, 3.05) is 0 Å². The molecule has 4 heteroatoms. The summed E-state index contributed by atoms with van der Waals surface area (Å²) in [6, 6.07) is 31.4. The molecule has 2 unspecified atom stereocenters. The van der Waals surface area contributed by atoms with Crippen molar-refractivity contribution >= 4 is 36.9 Å². The van der Waals surface area contributed by atoms with Crippen LogP contribution in [0, 0.1) is 17.8 Å². The van der Waals surface area contributed by atoms with Gasteiger partial charge in [0, 0.05) is 27.8 Å². The summed E-state index contributed by atoms with van der Waals surface area (Å²) in [5.74, 6) is 3.33. The van der Waals surface area contributed by atoms with Gasteiger partial charge < -0.3 is 4.74 Å². The molecule has 2 aliphatic rings. The molecule has 0 spiro atoms. The van der Waals surface area contributed by atoms with Crippen LogP contribution in [0.1, 0.15) is 118 Å². The molecule has 4 aromatic rings. The van der Waals surface area contributed by atoms with Crippen molar-refractivity contribution in [3.63, 3.8) is 0 Å². The SMILES string of the molecule is CC(C)[C@@H]1CC[C@@H](C)CC1[P+](=O)c1cc(C(C)(C)C)cc2c1Oc1c(P(c3ccccc3)c3ccccc3)cc(C(C)(C)C)cc1C2(C)C. The maximum atomic E-state index is 15.3. The van der Waals surface area contributed by atoms with Gasteiger partial charge in [0.15, 0.2) is 11.4 Å². The molecule has 1 aliphatic carbocycles. The van der Waals surface area contributed by atoms with Gasteiger partial charge in [0.25, 0.3) is 0 Å². The number of rotatable bonds is 6. The first-order valence-electron chi connectivity index (χ1n) is 18.4. The predicted octanol–water partition coefficient (Wildman–Crippen LogP) is 11.4. The van der Waals surface area contributed by atoms with Crippen LogP contribution >= 0.6 is 15.7 Å². The average molecular weight is 692 g/mol.